The highest BCUT2D eigenvalue weighted by Crippen LogP contribution is 2.29. The maximum Gasteiger partial charge on any atom is 0.247 e. The molecule has 1 aromatic carbocycles. The summed E-state index contributed by atoms with van der Waals surface area (Å²) in [7, 11) is 0. The molecular weight excluding hydrogens is 325 g/mol. The fraction of sp³-hybridized carbons (Fsp3) is 0.556. The summed E-state index contributed by atoms with van der Waals surface area (Å²) in [5.41, 5.74) is 1.47. The highest BCUT2D eigenvalue weighted by atomic mass is 19.1. The van der Waals surface area contributed by atoms with Gasteiger partial charge in [-0.15, -0.1) is 0 Å². The van der Waals surface area contributed by atoms with Crippen LogP contribution in [0.1, 0.15) is 17.5 Å². The number of amides is 2. The van der Waals surface area contributed by atoms with Crippen molar-refractivity contribution in [2.24, 2.45) is 0 Å². The maximum atomic E-state index is 13.7. The molecule has 6 nitrogen and oxygen atoms in total. The molecule has 3 saturated heterocycles. The number of benzene rings is 1. The van der Waals surface area contributed by atoms with E-state index in [0.717, 1.165) is 5.56 Å². The molecule has 0 aliphatic carbocycles. The first-order chi connectivity index (χ1) is 11.9. The minimum atomic E-state index is -0.620. The molecule has 0 radical (unpaired) electrons. The standard InChI is InChI=1S/C18H22FN3O3/c1-11-2-3-12(6-14(11)19)8-20-4-5-21-16(10-20)18(25)22-9-13(23)7-15(22)17(21)24/h2-3,6,13,15-16,23H,4-5,7-10H2,1H3/t13-,15+,16-/m1/s1. The Morgan fingerprint density at radius 2 is 1.88 bits per heavy atom. The molecule has 25 heavy (non-hydrogen) atoms. The van der Waals surface area contributed by atoms with Gasteiger partial charge in [-0.1, -0.05) is 12.1 Å². The number of aryl methyl sites for hydroxylation is 1. The van der Waals surface area contributed by atoms with E-state index in [0.29, 0.717) is 38.2 Å². The van der Waals surface area contributed by atoms with Crippen molar-refractivity contribution in [3.8, 4) is 0 Å². The van der Waals surface area contributed by atoms with Gasteiger partial charge in [-0.3, -0.25) is 14.5 Å². The molecule has 0 spiro atoms. The topological polar surface area (TPSA) is 64.1 Å². The van der Waals surface area contributed by atoms with Gasteiger partial charge in [0.15, 0.2) is 0 Å². The molecule has 3 aliphatic heterocycles. The van der Waals surface area contributed by atoms with E-state index in [2.05, 4.69) is 4.90 Å². The summed E-state index contributed by atoms with van der Waals surface area (Å²) in [6, 6.07) is 4.18. The van der Waals surface area contributed by atoms with Gasteiger partial charge in [0.1, 0.15) is 17.9 Å². The molecule has 1 aromatic rings. The zero-order chi connectivity index (χ0) is 17.7. The third kappa shape index (κ3) is 2.81. The molecule has 3 heterocycles. The number of carbonyl (C=O) groups excluding carboxylic acids is 2. The average Bonchev–Trinajstić information content (AvgIpc) is 2.98. The Morgan fingerprint density at radius 1 is 1.12 bits per heavy atom. The lowest BCUT2D eigenvalue weighted by Gasteiger charge is -2.47. The van der Waals surface area contributed by atoms with Gasteiger partial charge >= 0.3 is 0 Å². The monoisotopic (exact) mass is 347 g/mol. The minimum absolute atomic E-state index is 0.0535. The van der Waals surface area contributed by atoms with Gasteiger partial charge < -0.3 is 14.9 Å². The van der Waals surface area contributed by atoms with E-state index < -0.39 is 18.2 Å². The summed E-state index contributed by atoms with van der Waals surface area (Å²) in [5.74, 6) is -0.364. The van der Waals surface area contributed by atoms with E-state index >= 15 is 0 Å². The third-order valence-corrected chi connectivity index (χ3v) is 5.52. The number of hydrogen-bond acceptors (Lipinski definition) is 4. The zero-order valence-corrected chi connectivity index (χ0v) is 14.2. The number of halogens is 1. The van der Waals surface area contributed by atoms with Crippen LogP contribution in [0.15, 0.2) is 18.2 Å². The molecule has 0 unspecified atom stereocenters. The van der Waals surface area contributed by atoms with Gasteiger partial charge in [0.05, 0.1) is 6.10 Å². The third-order valence-electron chi connectivity index (χ3n) is 5.52. The van der Waals surface area contributed by atoms with Crippen LogP contribution in [0.3, 0.4) is 0 Å². The van der Waals surface area contributed by atoms with E-state index in [-0.39, 0.29) is 24.2 Å². The summed E-state index contributed by atoms with van der Waals surface area (Å²) in [4.78, 5) is 30.7. The molecule has 0 aromatic heterocycles. The average molecular weight is 347 g/mol. The molecule has 3 fully saturated rings. The second-order valence-corrected chi connectivity index (χ2v) is 7.26. The quantitative estimate of drug-likeness (QED) is 0.826. The predicted molar refractivity (Wildman–Crippen MR) is 88.0 cm³/mol. The first kappa shape index (κ1) is 16.5. The Balaban J connectivity index is 1.49. The summed E-state index contributed by atoms with van der Waals surface area (Å²) < 4.78 is 13.7. The zero-order valence-electron chi connectivity index (χ0n) is 14.2. The predicted octanol–water partition coefficient (Wildman–Crippen LogP) is 0.122. The number of aliphatic hydroxyl groups excluding tert-OH is 1. The van der Waals surface area contributed by atoms with E-state index in [9.17, 15) is 19.1 Å². The Morgan fingerprint density at radius 3 is 2.64 bits per heavy atom. The van der Waals surface area contributed by atoms with Crippen LogP contribution in [0.4, 0.5) is 4.39 Å². The maximum absolute atomic E-state index is 13.7. The molecule has 1 N–H and O–H groups in total. The van der Waals surface area contributed by atoms with Gasteiger partial charge in [-0.05, 0) is 24.1 Å². The number of nitrogens with zero attached hydrogens (tertiary/aromatic N) is 3. The van der Waals surface area contributed by atoms with Crippen molar-refractivity contribution in [3.05, 3.63) is 35.1 Å². The van der Waals surface area contributed by atoms with Crippen LogP contribution in [0.25, 0.3) is 0 Å². The van der Waals surface area contributed by atoms with Crippen LogP contribution in [-0.2, 0) is 16.1 Å². The molecule has 134 valence electrons. The van der Waals surface area contributed by atoms with Crippen molar-refractivity contribution in [2.45, 2.75) is 38.1 Å². The molecule has 7 heteroatoms. The van der Waals surface area contributed by atoms with Crippen LogP contribution in [0.5, 0.6) is 0 Å². The lowest BCUT2D eigenvalue weighted by Crippen LogP contribution is -2.68. The number of aliphatic hydroxyl groups is 1. The van der Waals surface area contributed by atoms with Crippen LogP contribution in [-0.4, -0.2) is 76.0 Å². The Kier molecular flexibility index (Phi) is 4.00. The van der Waals surface area contributed by atoms with Crippen molar-refractivity contribution < 1.29 is 19.1 Å². The molecule has 0 saturated carbocycles. The van der Waals surface area contributed by atoms with Crippen molar-refractivity contribution >= 4 is 11.8 Å². The van der Waals surface area contributed by atoms with Crippen LogP contribution in [0, 0.1) is 12.7 Å². The number of rotatable bonds is 2. The number of hydrogen-bond donors (Lipinski definition) is 1. The Labute approximate surface area is 145 Å². The van der Waals surface area contributed by atoms with Crippen molar-refractivity contribution in [1.29, 1.82) is 0 Å². The number of piperazine rings is 2. The fourth-order valence-corrected chi connectivity index (χ4v) is 4.13. The van der Waals surface area contributed by atoms with Gasteiger partial charge in [0.25, 0.3) is 0 Å². The first-order valence-electron chi connectivity index (χ1n) is 8.70. The minimum Gasteiger partial charge on any atom is -0.391 e. The Bertz CT molecular complexity index is 726. The van der Waals surface area contributed by atoms with E-state index in [1.165, 1.54) is 11.0 Å². The fourth-order valence-electron chi connectivity index (χ4n) is 4.13. The summed E-state index contributed by atoms with van der Waals surface area (Å²) >= 11 is 0. The normalized spacial score (nSPS) is 29.8. The molecule has 4 rings (SSSR count). The number of carbonyl (C=O) groups is 2. The summed E-state index contributed by atoms with van der Waals surface area (Å²) in [6.07, 6.45) is -0.286. The summed E-state index contributed by atoms with van der Waals surface area (Å²) in [5, 5.41) is 9.81. The largest absolute Gasteiger partial charge is 0.391 e. The van der Waals surface area contributed by atoms with E-state index in [1.807, 2.05) is 6.07 Å². The van der Waals surface area contributed by atoms with E-state index in [4.69, 9.17) is 0 Å². The highest BCUT2D eigenvalue weighted by Gasteiger charge is 2.51. The van der Waals surface area contributed by atoms with Gasteiger partial charge in [0, 0.05) is 39.1 Å². The first-order valence-corrected chi connectivity index (χ1v) is 8.70. The summed E-state index contributed by atoms with van der Waals surface area (Å²) in [6.45, 7) is 4.10. The molecule has 3 aliphatic rings. The van der Waals surface area contributed by atoms with Crippen LogP contribution >= 0.6 is 0 Å². The van der Waals surface area contributed by atoms with Gasteiger partial charge in [-0.25, -0.2) is 4.39 Å². The second-order valence-electron chi connectivity index (χ2n) is 7.26. The molecule has 2 amide bonds. The Hall–Kier alpha value is -1.99. The van der Waals surface area contributed by atoms with Crippen molar-refractivity contribution in [1.82, 2.24) is 14.7 Å². The highest BCUT2D eigenvalue weighted by molar-refractivity contribution is 5.97. The van der Waals surface area contributed by atoms with Crippen molar-refractivity contribution in [2.75, 3.05) is 26.2 Å². The molecular formula is C18H22FN3O3. The smallest absolute Gasteiger partial charge is 0.247 e. The van der Waals surface area contributed by atoms with Crippen LogP contribution < -0.4 is 0 Å². The molecule has 3 atom stereocenters. The lowest BCUT2D eigenvalue weighted by atomic mass is 10.0. The SMILES string of the molecule is Cc1ccc(CN2CCN3C(=O)[C@@H]4C[C@@H](O)CN4C(=O)[C@H]3C2)cc1F. The number of fused-ring (bicyclic) bond motifs is 2. The van der Waals surface area contributed by atoms with Crippen LogP contribution in [0.2, 0.25) is 0 Å². The van der Waals surface area contributed by atoms with Gasteiger partial charge in [0.2, 0.25) is 11.8 Å². The van der Waals surface area contributed by atoms with Gasteiger partial charge in [-0.2, -0.15) is 0 Å². The van der Waals surface area contributed by atoms with Crippen molar-refractivity contribution in [3.63, 3.8) is 0 Å². The molecule has 0 bridgehead atoms. The second kappa shape index (κ2) is 6.07. The lowest BCUT2D eigenvalue weighted by molar-refractivity contribution is -0.163. The van der Waals surface area contributed by atoms with E-state index in [1.54, 1.807) is 17.9 Å².